The van der Waals surface area contributed by atoms with Gasteiger partial charge in [0.05, 0.1) is 26.9 Å². The van der Waals surface area contributed by atoms with Crippen LogP contribution in [0.5, 0.6) is 17.2 Å². The molecule has 0 bridgehead atoms. The zero-order valence-corrected chi connectivity index (χ0v) is 15.6. The van der Waals surface area contributed by atoms with E-state index in [2.05, 4.69) is 0 Å². The molecule has 0 N–H and O–H groups in total. The van der Waals surface area contributed by atoms with Gasteiger partial charge in [0.15, 0.2) is 17.3 Å². The number of rotatable bonds is 7. The maximum absolute atomic E-state index is 13.0. The monoisotopic (exact) mass is 343 g/mol. The highest BCUT2D eigenvalue weighted by molar-refractivity contribution is 6.03. The van der Waals surface area contributed by atoms with Gasteiger partial charge in [-0.05, 0) is 29.8 Å². The summed E-state index contributed by atoms with van der Waals surface area (Å²) < 4.78 is 16.0. The Morgan fingerprint density at radius 1 is 0.880 bits per heavy atom. The maximum atomic E-state index is 13.0. The van der Waals surface area contributed by atoms with Gasteiger partial charge in [0, 0.05) is 31.8 Å². The summed E-state index contributed by atoms with van der Waals surface area (Å²) in [5.74, 6) is 1.48. The molecule has 0 fully saturated rings. The first kappa shape index (κ1) is 18.6. The highest BCUT2D eigenvalue weighted by Gasteiger charge is 2.22. The van der Waals surface area contributed by atoms with E-state index in [0.29, 0.717) is 22.8 Å². The highest BCUT2D eigenvalue weighted by atomic mass is 16.5. The topological polar surface area (TPSA) is 48.0 Å². The maximum Gasteiger partial charge on any atom is 0.173 e. The van der Waals surface area contributed by atoms with Crippen LogP contribution in [0.1, 0.15) is 28.8 Å². The van der Waals surface area contributed by atoms with E-state index in [4.69, 9.17) is 14.2 Å². The van der Waals surface area contributed by atoms with Crippen LogP contribution in [0.15, 0.2) is 36.4 Å². The molecule has 0 saturated heterocycles. The third kappa shape index (κ3) is 3.87. The SMILES string of the molecule is COc1ccc(C(C)C(=O)c2ccc(N(C)C)cc2OC)cc1OC. The second-order valence-electron chi connectivity index (χ2n) is 5.98. The smallest absolute Gasteiger partial charge is 0.173 e. The van der Waals surface area contributed by atoms with E-state index in [9.17, 15) is 4.79 Å². The van der Waals surface area contributed by atoms with Gasteiger partial charge >= 0.3 is 0 Å². The summed E-state index contributed by atoms with van der Waals surface area (Å²) in [6.07, 6.45) is 0. The third-order valence-electron chi connectivity index (χ3n) is 4.27. The minimum absolute atomic E-state index is 0.00521. The fraction of sp³-hybridized carbons (Fsp3) is 0.350. The van der Waals surface area contributed by atoms with Crippen LogP contribution in [0.2, 0.25) is 0 Å². The predicted octanol–water partition coefficient (Wildman–Crippen LogP) is 3.76. The molecule has 0 aromatic heterocycles. The molecule has 0 aliphatic heterocycles. The Labute approximate surface area is 149 Å². The van der Waals surface area contributed by atoms with Crippen molar-refractivity contribution in [3.8, 4) is 17.2 Å². The number of anilines is 1. The molecule has 2 rings (SSSR count). The number of nitrogens with zero attached hydrogens (tertiary/aromatic N) is 1. The first-order valence-corrected chi connectivity index (χ1v) is 8.04. The summed E-state index contributed by atoms with van der Waals surface area (Å²) in [7, 11) is 8.64. The Hall–Kier alpha value is -2.69. The number of ether oxygens (including phenoxy) is 3. The number of carbonyl (C=O) groups excluding carboxylic acids is 1. The molecule has 1 unspecified atom stereocenters. The van der Waals surface area contributed by atoms with E-state index in [1.807, 2.05) is 62.3 Å². The lowest BCUT2D eigenvalue weighted by atomic mass is 9.91. The molecule has 0 amide bonds. The molecule has 5 nitrogen and oxygen atoms in total. The van der Waals surface area contributed by atoms with Crippen molar-refractivity contribution in [3.05, 3.63) is 47.5 Å². The summed E-state index contributed by atoms with van der Waals surface area (Å²) in [5.41, 5.74) is 2.41. The molecule has 2 aromatic rings. The van der Waals surface area contributed by atoms with Gasteiger partial charge in [-0.1, -0.05) is 13.0 Å². The van der Waals surface area contributed by atoms with Crippen molar-refractivity contribution in [2.75, 3.05) is 40.3 Å². The van der Waals surface area contributed by atoms with Crippen molar-refractivity contribution in [1.82, 2.24) is 0 Å². The molecule has 0 heterocycles. The number of hydrogen-bond acceptors (Lipinski definition) is 5. The molecule has 2 aromatic carbocycles. The zero-order chi connectivity index (χ0) is 18.6. The summed E-state index contributed by atoms with van der Waals surface area (Å²) >= 11 is 0. The van der Waals surface area contributed by atoms with Crippen molar-refractivity contribution < 1.29 is 19.0 Å². The fourth-order valence-electron chi connectivity index (χ4n) is 2.67. The molecule has 1 atom stereocenters. The lowest BCUT2D eigenvalue weighted by Crippen LogP contribution is -2.13. The normalized spacial score (nSPS) is 11.6. The van der Waals surface area contributed by atoms with Gasteiger partial charge in [-0.2, -0.15) is 0 Å². The largest absolute Gasteiger partial charge is 0.496 e. The highest BCUT2D eigenvalue weighted by Crippen LogP contribution is 2.34. The quantitative estimate of drug-likeness (QED) is 0.716. The van der Waals surface area contributed by atoms with Crippen LogP contribution < -0.4 is 19.1 Å². The molecule has 0 radical (unpaired) electrons. The Morgan fingerprint density at radius 3 is 2.08 bits per heavy atom. The standard InChI is InChI=1S/C20H25NO4/c1-13(14-7-10-17(23-4)19(11-14)25-6)20(22)16-9-8-15(21(2)3)12-18(16)24-5/h7-13H,1-6H3. The van der Waals surface area contributed by atoms with Gasteiger partial charge in [-0.3, -0.25) is 4.79 Å². The van der Waals surface area contributed by atoms with Crippen LogP contribution in [0.3, 0.4) is 0 Å². The van der Waals surface area contributed by atoms with Crippen LogP contribution in [-0.2, 0) is 0 Å². The molecule has 25 heavy (non-hydrogen) atoms. The van der Waals surface area contributed by atoms with Gasteiger partial charge in [0.2, 0.25) is 0 Å². The lowest BCUT2D eigenvalue weighted by molar-refractivity contribution is 0.0963. The zero-order valence-electron chi connectivity index (χ0n) is 15.6. The Kier molecular flexibility index (Phi) is 5.91. The van der Waals surface area contributed by atoms with E-state index in [0.717, 1.165) is 11.3 Å². The van der Waals surface area contributed by atoms with Gasteiger partial charge in [0.1, 0.15) is 5.75 Å². The molecule has 0 spiro atoms. The van der Waals surface area contributed by atoms with E-state index in [1.54, 1.807) is 21.3 Å². The van der Waals surface area contributed by atoms with Crippen LogP contribution >= 0.6 is 0 Å². The van der Waals surface area contributed by atoms with Crippen molar-refractivity contribution in [3.63, 3.8) is 0 Å². The van der Waals surface area contributed by atoms with Gasteiger partial charge in [0.25, 0.3) is 0 Å². The number of methoxy groups -OCH3 is 3. The van der Waals surface area contributed by atoms with Gasteiger partial charge in [-0.15, -0.1) is 0 Å². The summed E-state index contributed by atoms with van der Waals surface area (Å²) in [5, 5.41) is 0. The Balaban J connectivity index is 2.37. The summed E-state index contributed by atoms with van der Waals surface area (Å²) in [6.45, 7) is 1.88. The number of benzene rings is 2. The molecule has 0 saturated carbocycles. The van der Waals surface area contributed by atoms with Crippen molar-refractivity contribution in [1.29, 1.82) is 0 Å². The third-order valence-corrected chi connectivity index (χ3v) is 4.27. The molecular formula is C20H25NO4. The number of ketones is 1. The predicted molar refractivity (Wildman–Crippen MR) is 99.6 cm³/mol. The first-order valence-electron chi connectivity index (χ1n) is 8.04. The minimum atomic E-state index is -0.334. The average molecular weight is 343 g/mol. The first-order chi connectivity index (χ1) is 11.9. The van der Waals surface area contributed by atoms with E-state index in [-0.39, 0.29) is 11.7 Å². The second kappa shape index (κ2) is 7.92. The second-order valence-corrected chi connectivity index (χ2v) is 5.98. The van der Waals surface area contributed by atoms with Gasteiger partial charge in [-0.25, -0.2) is 0 Å². The Bertz CT molecular complexity index is 755. The summed E-state index contributed by atoms with van der Waals surface area (Å²) in [4.78, 5) is 15.0. The summed E-state index contributed by atoms with van der Waals surface area (Å²) in [6, 6.07) is 11.1. The number of Topliss-reactive ketones (excluding diaryl/α,β-unsaturated/α-hetero) is 1. The molecule has 0 aliphatic rings. The van der Waals surface area contributed by atoms with Crippen molar-refractivity contribution in [2.24, 2.45) is 0 Å². The lowest BCUT2D eigenvalue weighted by Gasteiger charge is -2.18. The van der Waals surface area contributed by atoms with Gasteiger partial charge < -0.3 is 19.1 Å². The van der Waals surface area contributed by atoms with Crippen molar-refractivity contribution in [2.45, 2.75) is 12.8 Å². The molecule has 134 valence electrons. The van der Waals surface area contributed by atoms with E-state index >= 15 is 0 Å². The average Bonchev–Trinajstić information content (AvgIpc) is 2.65. The van der Waals surface area contributed by atoms with E-state index in [1.165, 1.54) is 0 Å². The van der Waals surface area contributed by atoms with Crippen LogP contribution in [0.4, 0.5) is 5.69 Å². The molecule has 0 aliphatic carbocycles. The molecule has 5 heteroatoms. The molecular weight excluding hydrogens is 318 g/mol. The number of carbonyl (C=O) groups is 1. The fourth-order valence-corrected chi connectivity index (χ4v) is 2.67. The minimum Gasteiger partial charge on any atom is -0.496 e. The van der Waals surface area contributed by atoms with E-state index < -0.39 is 0 Å². The van der Waals surface area contributed by atoms with Crippen LogP contribution in [0, 0.1) is 0 Å². The Morgan fingerprint density at radius 2 is 1.52 bits per heavy atom. The van der Waals surface area contributed by atoms with Crippen LogP contribution in [0.25, 0.3) is 0 Å². The van der Waals surface area contributed by atoms with Crippen LogP contribution in [-0.4, -0.2) is 41.2 Å². The van der Waals surface area contributed by atoms with Crippen molar-refractivity contribution >= 4 is 11.5 Å². The number of hydrogen-bond donors (Lipinski definition) is 0.